The molecular weight excluding hydrogens is 316 g/mol. The number of carbonyl (C=O) groups excluding carboxylic acids is 4. The third-order valence-electron chi connectivity index (χ3n) is 3.32. The van der Waals surface area contributed by atoms with Gasteiger partial charge >= 0.3 is 6.03 Å². The number of urea groups is 1. The molecule has 9 nitrogen and oxygen atoms in total. The molecule has 1 aromatic carbocycles. The number of amides is 5. The van der Waals surface area contributed by atoms with Crippen LogP contribution >= 0.6 is 0 Å². The van der Waals surface area contributed by atoms with E-state index >= 15 is 0 Å². The van der Waals surface area contributed by atoms with Crippen LogP contribution in [0, 0.1) is 6.92 Å². The third-order valence-corrected chi connectivity index (χ3v) is 3.32. The molecule has 1 fully saturated rings. The SMILES string of the molecule is COc1ccc(C)cc1NC(=O)CNC(=O)CC1NC(=O)NC1=O. The predicted molar refractivity (Wildman–Crippen MR) is 84.4 cm³/mol. The smallest absolute Gasteiger partial charge is 0.322 e. The highest BCUT2D eigenvalue weighted by Crippen LogP contribution is 2.24. The van der Waals surface area contributed by atoms with E-state index in [1.807, 2.05) is 18.3 Å². The van der Waals surface area contributed by atoms with Crippen LogP contribution in [0.2, 0.25) is 0 Å². The molecule has 0 spiro atoms. The van der Waals surface area contributed by atoms with Gasteiger partial charge in [0.05, 0.1) is 25.8 Å². The maximum absolute atomic E-state index is 11.9. The molecule has 1 aliphatic rings. The lowest BCUT2D eigenvalue weighted by atomic mass is 10.2. The second kappa shape index (κ2) is 7.44. The molecule has 128 valence electrons. The van der Waals surface area contributed by atoms with Crippen molar-refractivity contribution in [3.63, 3.8) is 0 Å². The Bertz CT molecular complexity index is 688. The van der Waals surface area contributed by atoms with Crippen molar-refractivity contribution in [2.45, 2.75) is 19.4 Å². The minimum absolute atomic E-state index is 0.237. The standard InChI is InChI=1S/C15H18N4O5/c1-8-3-4-11(24-2)9(5-8)17-13(21)7-16-12(20)6-10-14(22)19-15(23)18-10/h3-5,10H,6-7H2,1-2H3,(H,16,20)(H,17,21)(H2,18,19,22,23). The van der Waals surface area contributed by atoms with Gasteiger partial charge in [-0.05, 0) is 24.6 Å². The van der Waals surface area contributed by atoms with Gasteiger partial charge < -0.3 is 20.7 Å². The molecule has 1 atom stereocenters. The molecule has 1 heterocycles. The Balaban J connectivity index is 1.83. The van der Waals surface area contributed by atoms with Crippen LogP contribution in [0.15, 0.2) is 18.2 Å². The molecule has 9 heteroatoms. The second-order valence-electron chi connectivity index (χ2n) is 5.25. The van der Waals surface area contributed by atoms with E-state index in [9.17, 15) is 19.2 Å². The molecule has 0 saturated carbocycles. The van der Waals surface area contributed by atoms with Crippen LogP contribution in [-0.2, 0) is 14.4 Å². The molecule has 5 amide bonds. The number of rotatable bonds is 6. The van der Waals surface area contributed by atoms with Crippen molar-refractivity contribution in [1.82, 2.24) is 16.0 Å². The van der Waals surface area contributed by atoms with Crippen molar-refractivity contribution >= 4 is 29.4 Å². The molecule has 0 aliphatic carbocycles. The number of methoxy groups -OCH3 is 1. The molecule has 0 bridgehead atoms. The van der Waals surface area contributed by atoms with Crippen LogP contribution in [0.4, 0.5) is 10.5 Å². The van der Waals surface area contributed by atoms with E-state index in [-0.39, 0.29) is 13.0 Å². The Kier molecular flexibility index (Phi) is 5.35. The lowest BCUT2D eigenvalue weighted by Crippen LogP contribution is -2.39. The monoisotopic (exact) mass is 334 g/mol. The van der Waals surface area contributed by atoms with Gasteiger partial charge in [-0.25, -0.2) is 4.79 Å². The second-order valence-corrected chi connectivity index (χ2v) is 5.25. The van der Waals surface area contributed by atoms with E-state index in [1.54, 1.807) is 12.1 Å². The number of aryl methyl sites for hydroxylation is 1. The van der Waals surface area contributed by atoms with Crippen molar-refractivity contribution in [1.29, 1.82) is 0 Å². The van der Waals surface area contributed by atoms with Crippen LogP contribution in [0.25, 0.3) is 0 Å². The molecule has 0 aromatic heterocycles. The van der Waals surface area contributed by atoms with Gasteiger partial charge in [0.1, 0.15) is 11.8 Å². The molecule has 4 N–H and O–H groups in total. The Morgan fingerprint density at radius 3 is 2.62 bits per heavy atom. The molecule has 1 aliphatic heterocycles. The summed E-state index contributed by atoms with van der Waals surface area (Å²) in [6.45, 7) is 1.61. The van der Waals surface area contributed by atoms with Crippen molar-refractivity contribution < 1.29 is 23.9 Å². The summed E-state index contributed by atoms with van der Waals surface area (Å²) in [7, 11) is 1.49. The molecular formula is C15H18N4O5. The van der Waals surface area contributed by atoms with Gasteiger partial charge in [0.15, 0.2) is 0 Å². The topological polar surface area (TPSA) is 126 Å². The lowest BCUT2D eigenvalue weighted by molar-refractivity contribution is -0.127. The Morgan fingerprint density at radius 1 is 1.25 bits per heavy atom. The summed E-state index contributed by atoms with van der Waals surface area (Å²) < 4.78 is 5.15. The zero-order chi connectivity index (χ0) is 17.7. The lowest BCUT2D eigenvalue weighted by Gasteiger charge is -2.12. The van der Waals surface area contributed by atoms with Crippen LogP contribution in [-0.4, -0.2) is 43.4 Å². The van der Waals surface area contributed by atoms with Crippen molar-refractivity contribution in [3.8, 4) is 5.75 Å². The summed E-state index contributed by atoms with van der Waals surface area (Å²) in [6.07, 6.45) is -0.237. The van der Waals surface area contributed by atoms with Crippen LogP contribution < -0.4 is 26.0 Å². The number of imide groups is 1. The minimum atomic E-state index is -0.919. The Labute approximate surface area is 138 Å². The largest absolute Gasteiger partial charge is 0.495 e. The van der Waals surface area contributed by atoms with Gasteiger partial charge in [-0.1, -0.05) is 6.07 Å². The maximum Gasteiger partial charge on any atom is 0.322 e. The van der Waals surface area contributed by atoms with E-state index in [0.717, 1.165) is 5.56 Å². The number of carbonyl (C=O) groups is 4. The first-order valence-electron chi connectivity index (χ1n) is 7.21. The van der Waals surface area contributed by atoms with Gasteiger partial charge in [0.25, 0.3) is 5.91 Å². The van der Waals surface area contributed by atoms with Gasteiger partial charge in [0, 0.05) is 0 Å². The highest BCUT2D eigenvalue weighted by atomic mass is 16.5. The summed E-state index contributed by atoms with van der Waals surface area (Å²) in [5, 5.41) is 9.36. The van der Waals surface area contributed by atoms with Crippen molar-refractivity contribution in [2.24, 2.45) is 0 Å². The van der Waals surface area contributed by atoms with Crippen molar-refractivity contribution in [2.75, 3.05) is 19.0 Å². The van der Waals surface area contributed by atoms with E-state index in [2.05, 4.69) is 16.0 Å². The summed E-state index contributed by atoms with van der Waals surface area (Å²) >= 11 is 0. The summed E-state index contributed by atoms with van der Waals surface area (Å²) in [5.74, 6) is -1.02. The van der Waals surface area contributed by atoms with Crippen LogP contribution in [0.5, 0.6) is 5.75 Å². The number of hydrogen-bond donors (Lipinski definition) is 4. The Hall–Kier alpha value is -3.10. The molecule has 0 radical (unpaired) electrons. The Morgan fingerprint density at radius 2 is 2.00 bits per heavy atom. The molecule has 1 aromatic rings. The summed E-state index contributed by atoms with van der Waals surface area (Å²) in [4.78, 5) is 45.9. The summed E-state index contributed by atoms with van der Waals surface area (Å²) in [6, 6.07) is 3.76. The molecule has 2 rings (SSSR count). The van der Waals surface area contributed by atoms with Crippen LogP contribution in [0.3, 0.4) is 0 Å². The molecule has 1 saturated heterocycles. The fourth-order valence-corrected chi connectivity index (χ4v) is 2.15. The van der Waals surface area contributed by atoms with E-state index in [0.29, 0.717) is 11.4 Å². The first kappa shape index (κ1) is 17.3. The minimum Gasteiger partial charge on any atom is -0.495 e. The fourth-order valence-electron chi connectivity index (χ4n) is 2.15. The first-order chi connectivity index (χ1) is 11.4. The molecule has 24 heavy (non-hydrogen) atoms. The number of benzene rings is 1. The van der Waals surface area contributed by atoms with E-state index in [1.165, 1.54) is 7.11 Å². The average Bonchev–Trinajstić information content (AvgIpc) is 2.83. The number of ether oxygens (including phenoxy) is 1. The van der Waals surface area contributed by atoms with E-state index in [4.69, 9.17) is 4.74 Å². The fraction of sp³-hybridized carbons (Fsp3) is 0.333. The average molecular weight is 334 g/mol. The maximum atomic E-state index is 11.9. The van der Waals surface area contributed by atoms with Gasteiger partial charge in [-0.15, -0.1) is 0 Å². The number of nitrogens with one attached hydrogen (secondary N) is 4. The zero-order valence-corrected chi connectivity index (χ0v) is 13.3. The van der Waals surface area contributed by atoms with Gasteiger partial charge in [-0.2, -0.15) is 0 Å². The quantitative estimate of drug-likeness (QED) is 0.529. The number of hydrogen-bond acceptors (Lipinski definition) is 5. The van der Waals surface area contributed by atoms with Crippen molar-refractivity contribution in [3.05, 3.63) is 23.8 Å². The van der Waals surface area contributed by atoms with Gasteiger partial charge in [0.2, 0.25) is 11.8 Å². The first-order valence-corrected chi connectivity index (χ1v) is 7.21. The third kappa shape index (κ3) is 4.45. The highest BCUT2D eigenvalue weighted by molar-refractivity contribution is 6.06. The summed E-state index contributed by atoms with van der Waals surface area (Å²) in [5.41, 5.74) is 1.44. The van der Waals surface area contributed by atoms with Gasteiger partial charge in [-0.3, -0.25) is 19.7 Å². The normalized spacial score (nSPS) is 16.2. The highest BCUT2D eigenvalue weighted by Gasteiger charge is 2.31. The zero-order valence-electron chi connectivity index (χ0n) is 13.3. The predicted octanol–water partition coefficient (Wildman–Crippen LogP) is -0.344. The molecule has 1 unspecified atom stereocenters. The number of anilines is 1. The van der Waals surface area contributed by atoms with E-state index < -0.39 is 29.8 Å². The van der Waals surface area contributed by atoms with Crippen LogP contribution in [0.1, 0.15) is 12.0 Å².